The van der Waals surface area contributed by atoms with E-state index in [1.165, 1.54) is 0 Å². The van der Waals surface area contributed by atoms with E-state index in [0.29, 0.717) is 12.3 Å². The Labute approximate surface area is 73.3 Å². The molecule has 2 heteroatoms. The molecule has 1 aromatic carbocycles. The van der Waals surface area contributed by atoms with Crippen molar-refractivity contribution in [1.29, 1.82) is 0 Å². The fourth-order valence-corrected chi connectivity index (χ4v) is 0.867. The Morgan fingerprint density at radius 2 is 2.33 bits per heavy atom. The third kappa shape index (κ3) is 2.55. The Kier molecular flexibility index (Phi) is 3.11. The van der Waals surface area contributed by atoms with E-state index in [1.807, 2.05) is 26.0 Å². The summed E-state index contributed by atoms with van der Waals surface area (Å²) < 4.78 is 5.41. The zero-order valence-electron chi connectivity index (χ0n) is 7.50. The van der Waals surface area contributed by atoms with E-state index in [0.717, 1.165) is 5.56 Å². The highest BCUT2D eigenvalue weighted by Crippen LogP contribution is 2.11. The van der Waals surface area contributed by atoms with Crippen LogP contribution < -0.4 is 5.73 Å². The second-order valence-corrected chi connectivity index (χ2v) is 2.97. The van der Waals surface area contributed by atoms with Crippen LogP contribution in [-0.4, -0.2) is 6.10 Å². The van der Waals surface area contributed by atoms with Crippen LogP contribution in [0.15, 0.2) is 18.2 Å². The zero-order chi connectivity index (χ0) is 8.97. The summed E-state index contributed by atoms with van der Waals surface area (Å²) in [5.74, 6) is 0. The molecule has 0 fully saturated rings. The van der Waals surface area contributed by atoms with Crippen molar-refractivity contribution < 1.29 is 4.74 Å². The third-order valence-corrected chi connectivity index (χ3v) is 1.55. The van der Waals surface area contributed by atoms with Crippen molar-refractivity contribution in [3.8, 4) is 0 Å². The Morgan fingerprint density at radius 1 is 1.58 bits per heavy atom. The second-order valence-electron chi connectivity index (χ2n) is 2.97. The fourth-order valence-electron chi connectivity index (χ4n) is 0.867. The summed E-state index contributed by atoms with van der Waals surface area (Å²) in [5, 5.41) is 0. The van der Waals surface area contributed by atoms with Crippen LogP contribution in [0.5, 0.6) is 0 Å². The molecular formula is C10H14NO. The Bertz CT molecular complexity index is 245. The molecule has 0 aliphatic carbocycles. The first-order valence-electron chi connectivity index (χ1n) is 4.07. The summed E-state index contributed by atoms with van der Waals surface area (Å²) in [7, 11) is 0. The van der Waals surface area contributed by atoms with Crippen molar-refractivity contribution in [3.63, 3.8) is 0 Å². The average molecular weight is 164 g/mol. The van der Waals surface area contributed by atoms with Gasteiger partial charge in [0.25, 0.3) is 0 Å². The van der Waals surface area contributed by atoms with E-state index < -0.39 is 0 Å². The van der Waals surface area contributed by atoms with Crippen molar-refractivity contribution in [3.05, 3.63) is 29.8 Å². The van der Waals surface area contributed by atoms with Crippen LogP contribution in [-0.2, 0) is 11.3 Å². The maximum absolute atomic E-state index is 5.67. The normalized spacial score (nSPS) is 10.6. The number of rotatable bonds is 3. The highest BCUT2D eigenvalue weighted by Gasteiger charge is 1.99. The molecule has 1 aromatic rings. The van der Waals surface area contributed by atoms with Crippen LogP contribution in [0.2, 0.25) is 0 Å². The van der Waals surface area contributed by atoms with E-state index in [1.54, 1.807) is 6.07 Å². The van der Waals surface area contributed by atoms with E-state index >= 15 is 0 Å². The van der Waals surface area contributed by atoms with Crippen molar-refractivity contribution in [2.24, 2.45) is 0 Å². The predicted molar refractivity (Wildman–Crippen MR) is 49.6 cm³/mol. The topological polar surface area (TPSA) is 35.2 Å². The number of hydrogen-bond donors (Lipinski definition) is 1. The highest BCUT2D eigenvalue weighted by atomic mass is 16.5. The maximum atomic E-state index is 5.67. The fraction of sp³-hybridized carbons (Fsp3) is 0.400. The van der Waals surface area contributed by atoms with Gasteiger partial charge in [-0.2, -0.15) is 0 Å². The number of ether oxygens (including phenoxy) is 1. The molecule has 0 aliphatic heterocycles. The Hall–Kier alpha value is -1.02. The van der Waals surface area contributed by atoms with Gasteiger partial charge in [-0.05, 0) is 13.8 Å². The van der Waals surface area contributed by atoms with Crippen LogP contribution in [0, 0.1) is 6.07 Å². The SMILES string of the molecule is CC(C)OCc1ccc[c]c1N. The lowest BCUT2D eigenvalue weighted by atomic mass is 10.2. The first kappa shape index (κ1) is 9.07. The molecule has 0 aromatic heterocycles. The molecular weight excluding hydrogens is 150 g/mol. The van der Waals surface area contributed by atoms with Crippen LogP contribution in [0.3, 0.4) is 0 Å². The lowest BCUT2D eigenvalue weighted by molar-refractivity contribution is 0.0660. The largest absolute Gasteiger partial charge is 0.398 e. The minimum atomic E-state index is 0.240. The molecule has 0 amide bonds. The quantitative estimate of drug-likeness (QED) is 0.693. The van der Waals surface area contributed by atoms with Gasteiger partial charge in [0.2, 0.25) is 0 Å². The lowest BCUT2D eigenvalue weighted by Gasteiger charge is -2.08. The van der Waals surface area contributed by atoms with Gasteiger partial charge in [-0.3, -0.25) is 0 Å². The highest BCUT2D eigenvalue weighted by molar-refractivity contribution is 5.44. The van der Waals surface area contributed by atoms with Crippen LogP contribution in [0.1, 0.15) is 19.4 Å². The Balaban J connectivity index is 2.57. The summed E-state index contributed by atoms with van der Waals surface area (Å²) in [5.41, 5.74) is 7.36. The van der Waals surface area contributed by atoms with Crippen LogP contribution >= 0.6 is 0 Å². The molecule has 12 heavy (non-hydrogen) atoms. The minimum Gasteiger partial charge on any atom is -0.398 e. The van der Waals surface area contributed by atoms with Gasteiger partial charge in [-0.25, -0.2) is 0 Å². The Morgan fingerprint density at radius 3 is 2.92 bits per heavy atom. The van der Waals surface area contributed by atoms with Gasteiger partial charge >= 0.3 is 0 Å². The number of hydrogen-bond acceptors (Lipinski definition) is 2. The van der Waals surface area contributed by atoms with Crippen molar-refractivity contribution >= 4 is 5.69 Å². The van der Waals surface area contributed by atoms with Gasteiger partial charge in [-0.15, -0.1) is 0 Å². The van der Waals surface area contributed by atoms with E-state index in [-0.39, 0.29) is 6.10 Å². The second kappa shape index (κ2) is 4.12. The van der Waals surface area contributed by atoms with Crippen molar-refractivity contribution in [2.75, 3.05) is 5.73 Å². The molecule has 1 rings (SSSR count). The summed E-state index contributed by atoms with van der Waals surface area (Å²) in [6.07, 6.45) is 0.240. The molecule has 2 nitrogen and oxygen atoms in total. The van der Waals surface area contributed by atoms with Gasteiger partial charge in [0.05, 0.1) is 12.7 Å². The first-order valence-corrected chi connectivity index (χ1v) is 4.07. The first-order chi connectivity index (χ1) is 5.70. The van der Waals surface area contributed by atoms with Gasteiger partial charge in [0, 0.05) is 17.3 Å². The molecule has 0 spiro atoms. The van der Waals surface area contributed by atoms with Gasteiger partial charge in [0.15, 0.2) is 0 Å². The minimum absolute atomic E-state index is 0.240. The van der Waals surface area contributed by atoms with Crippen molar-refractivity contribution in [1.82, 2.24) is 0 Å². The predicted octanol–water partition coefficient (Wildman–Crippen LogP) is 1.99. The molecule has 1 radical (unpaired) electrons. The molecule has 0 aliphatic rings. The number of anilines is 1. The van der Waals surface area contributed by atoms with Crippen LogP contribution in [0.25, 0.3) is 0 Å². The smallest absolute Gasteiger partial charge is 0.0740 e. The van der Waals surface area contributed by atoms with E-state index in [2.05, 4.69) is 6.07 Å². The number of benzene rings is 1. The summed E-state index contributed by atoms with van der Waals surface area (Å²) in [6.45, 7) is 4.58. The van der Waals surface area contributed by atoms with Gasteiger partial charge < -0.3 is 10.5 Å². The monoisotopic (exact) mass is 164 g/mol. The summed E-state index contributed by atoms with van der Waals surface area (Å²) >= 11 is 0. The maximum Gasteiger partial charge on any atom is 0.0740 e. The van der Waals surface area contributed by atoms with Gasteiger partial charge in [-0.1, -0.05) is 18.2 Å². The third-order valence-electron chi connectivity index (χ3n) is 1.55. The molecule has 0 atom stereocenters. The summed E-state index contributed by atoms with van der Waals surface area (Å²) in [4.78, 5) is 0. The molecule has 65 valence electrons. The number of para-hydroxylation sites is 1. The molecule has 2 N–H and O–H groups in total. The molecule has 0 saturated carbocycles. The molecule has 0 unspecified atom stereocenters. The zero-order valence-corrected chi connectivity index (χ0v) is 7.50. The van der Waals surface area contributed by atoms with Crippen LogP contribution in [0.4, 0.5) is 5.69 Å². The number of nitrogen functional groups attached to an aromatic ring is 1. The van der Waals surface area contributed by atoms with Crippen molar-refractivity contribution in [2.45, 2.75) is 26.6 Å². The lowest BCUT2D eigenvalue weighted by Crippen LogP contribution is -2.04. The van der Waals surface area contributed by atoms with E-state index in [4.69, 9.17) is 10.5 Å². The summed E-state index contributed by atoms with van der Waals surface area (Å²) in [6, 6.07) is 8.59. The molecule has 0 saturated heterocycles. The number of nitrogens with two attached hydrogens (primary N) is 1. The standard InChI is InChI=1S/C10H14NO/c1-8(2)12-7-9-5-3-4-6-10(9)11/h3-5,8H,7,11H2,1-2H3. The molecule has 0 heterocycles. The molecule has 0 bridgehead atoms. The van der Waals surface area contributed by atoms with Gasteiger partial charge in [0.1, 0.15) is 0 Å². The van der Waals surface area contributed by atoms with E-state index in [9.17, 15) is 0 Å². The average Bonchev–Trinajstić information content (AvgIpc) is 2.03.